The van der Waals surface area contributed by atoms with Crippen molar-refractivity contribution in [2.75, 3.05) is 0 Å². The first-order valence-corrected chi connectivity index (χ1v) is 7.11. The van der Waals surface area contributed by atoms with Crippen molar-refractivity contribution in [1.82, 2.24) is 0 Å². The second-order valence-corrected chi connectivity index (χ2v) is 5.94. The van der Waals surface area contributed by atoms with Gasteiger partial charge in [-0.3, -0.25) is 0 Å². The van der Waals surface area contributed by atoms with Gasteiger partial charge in [0.1, 0.15) is 0 Å². The molecule has 3 rings (SSSR count). The molecule has 0 saturated carbocycles. The number of hydrogen-bond acceptors (Lipinski definition) is 1. The highest BCUT2D eigenvalue weighted by Crippen LogP contribution is 2.36. The third-order valence-corrected chi connectivity index (χ3v) is 4.34. The minimum Gasteiger partial charge on any atom is -0.324 e. The molecule has 0 amide bonds. The number of halogens is 1. The lowest BCUT2D eigenvalue weighted by atomic mass is 9.93. The van der Waals surface area contributed by atoms with Crippen LogP contribution in [0.4, 0.5) is 0 Å². The molecule has 0 aliphatic heterocycles. The predicted octanol–water partition coefficient (Wildman–Crippen LogP) is 3.86. The third-order valence-electron chi connectivity index (χ3n) is 3.82. The first-order chi connectivity index (χ1) is 8.74. The molecule has 18 heavy (non-hydrogen) atoms. The van der Waals surface area contributed by atoms with Gasteiger partial charge in [0.25, 0.3) is 0 Å². The van der Waals surface area contributed by atoms with E-state index in [0.717, 1.165) is 17.3 Å². The monoisotopic (exact) mass is 301 g/mol. The quantitative estimate of drug-likeness (QED) is 0.895. The summed E-state index contributed by atoms with van der Waals surface area (Å²) in [5, 5.41) is 0. The van der Waals surface area contributed by atoms with Crippen molar-refractivity contribution in [3.63, 3.8) is 0 Å². The summed E-state index contributed by atoms with van der Waals surface area (Å²) in [6, 6.07) is 17.3. The summed E-state index contributed by atoms with van der Waals surface area (Å²) in [6.07, 6.45) is 2.16. The number of hydrogen-bond donors (Lipinski definition) is 1. The van der Waals surface area contributed by atoms with E-state index in [-0.39, 0.29) is 6.04 Å². The molecule has 0 aromatic heterocycles. The van der Waals surface area contributed by atoms with Crippen molar-refractivity contribution >= 4 is 15.9 Å². The van der Waals surface area contributed by atoms with Crippen molar-refractivity contribution in [1.29, 1.82) is 0 Å². The van der Waals surface area contributed by atoms with Crippen molar-refractivity contribution < 1.29 is 0 Å². The summed E-state index contributed by atoms with van der Waals surface area (Å²) in [4.78, 5) is 0. The highest BCUT2D eigenvalue weighted by molar-refractivity contribution is 9.10. The van der Waals surface area contributed by atoms with Crippen molar-refractivity contribution in [2.24, 2.45) is 11.7 Å². The Labute approximate surface area is 116 Å². The van der Waals surface area contributed by atoms with E-state index in [1.165, 1.54) is 16.7 Å². The van der Waals surface area contributed by atoms with E-state index in [2.05, 4.69) is 64.5 Å². The zero-order valence-corrected chi connectivity index (χ0v) is 11.7. The summed E-state index contributed by atoms with van der Waals surface area (Å²) < 4.78 is 1.13. The zero-order chi connectivity index (χ0) is 12.5. The van der Waals surface area contributed by atoms with E-state index < -0.39 is 0 Å². The Balaban J connectivity index is 1.78. The molecule has 1 nitrogen and oxygen atoms in total. The van der Waals surface area contributed by atoms with Crippen LogP contribution < -0.4 is 5.73 Å². The van der Waals surface area contributed by atoms with E-state index in [1.54, 1.807) is 0 Å². The smallest absolute Gasteiger partial charge is 0.0332 e. The van der Waals surface area contributed by atoms with Crippen LogP contribution in [0.5, 0.6) is 0 Å². The molecule has 2 aromatic rings. The number of benzene rings is 2. The van der Waals surface area contributed by atoms with Crippen molar-refractivity contribution in [3.8, 4) is 0 Å². The molecule has 0 saturated heterocycles. The normalized spacial score (nSPS) is 21.9. The lowest BCUT2D eigenvalue weighted by Crippen LogP contribution is -2.18. The van der Waals surface area contributed by atoms with Gasteiger partial charge in [0.2, 0.25) is 0 Å². The van der Waals surface area contributed by atoms with Gasteiger partial charge in [-0.05, 0) is 47.6 Å². The Morgan fingerprint density at radius 2 is 1.78 bits per heavy atom. The molecule has 0 bridgehead atoms. The van der Waals surface area contributed by atoms with Crippen LogP contribution in [0.1, 0.15) is 22.7 Å². The summed E-state index contributed by atoms with van der Waals surface area (Å²) in [6.45, 7) is 0. The summed E-state index contributed by atoms with van der Waals surface area (Å²) in [5.41, 5.74) is 10.5. The fraction of sp³-hybridized carbons (Fsp3) is 0.250. The molecule has 2 aromatic carbocycles. The van der Waals surface area contributed by atoms with Crippen LogP contribution in [-0.2, 0) is 12.8 Å². The van der Waals surface area contributed by atoms with E-state index in [9.17, 15) is 0 Å². The Kier molecular flexibility index (Phi) is 3.23. The lowest BCUT2D eigenvalue weighted by molar-refractivity contribution is 0.465. The first-order valence-electron chi connectivity index (χ1n) is 6.32. The molecule has 2 heteroatoms. The van der Waals surface area contributed by atoms with E-state index in [1.807, 2.05) is 0 Å². The van der Waals surface area contributed by atoms with Gasteiger partial charge in [0, 0.05) is 10.5 Å². The van der Waals surface area contributed by atoms with Gasteiger partial charge in [0.05, 0.1) is 0 Å². The van der Waals surface area contributed by atoms with Crippen molar-refractivity contribution in [2.45, 2.75) is 18.9 Å². The number of nitrogens with two attached hydrogens (primary N) is 1. The minimum atomic E-state index is 0.185. The number of fused-ring (bicyclic) bond motifs is 1. The van der Waals surface area contributed by atoms with Gasteiger partial charge in [0.15, 0.2) is 0 Å². The molecule has 1 aliphatic carbocycles. The van der Waals surface area contributed by atoms with E-state index in [0.29, 0.717) is 5.92 Å². The molecule has 0 radical (unpaired) electrons. The van der Waals surface area contributed by atoms with Crippen LogP contribution in [-0.4, -0.2) is 0 Å². The van der Waals surface area contributed by atoms with Crippen LogP contribution in [0.25, 0.3) is 0 Å². The molecule has 92 valence electrons. The molecule has 0 spiro atoms. The summed E-state index contributed by atoms with van der Waals surface area (Å²) >= 11 is 3.47. The number of rotatable bonds is 2. The average Bonchev–Trinajstić information content (AvgIpc) is 2.70. The largest absolute Gasteiger partial charge is 0.324 e. The van der Waals surface area contributed by atoms with Gasteiger partial charge in [-0.1, -0.05) is 52.3 Å². The Hall–Kier alpha value is -1.12. The standard InChI is InChI=1S/C16H16BrN/c17-14-7-5-11(6-8-14)9-13-10-12-3-1-2-4-15(12)16(13)18/h1-8,13,16H,9-10,18H2. The Morgan fingerprint density at radius 3 is 2.50 bits per heavy atom. The Bertz CT molecular complexity index is 547. The van der Waals surface area contributed by atoms with Crippen LogP contribution in [0.15, 0.2) is 53.0 Å². The molecule has 0 heterocycles. The molecule has 2 N–H and O–H groups in total. The third kappa shape index (κ3) is 2.23. The molecule has 2 atom stereocenters. The van der Waals surface area contributed by atoms with Gasteiger partial charge >= 0.3 is 0 Å². The van der Waals surface area contributed by atoms with Crippen LogP contribution >= 0.6 is 15.9 Å². The summed E-state index contributed by atoms with van der Waals surface area (Å²) in [7, 11) is 0. The van der Waals surface area contributed by atoms with Crippen molar-refractivity contribution in [3.05, 3.63) is 69.7 Å². The van der Waals surface area contributed by atoms with Crippen LogP contribution in [0, 0.1) is 5.92 Å². The molecule has 1 aliphatic rings. The minimum absolute atomic E-state index is 0.185. The topological polar surface area (TPSA) is 26.0 Å². The second kappa shape index (κ2) is 4.87. The predicted molar refractivity (Wildman–Crippen MR) is 78.4 cm³/mol. The van der Waals surface area contributed by atoms with Gasteiger partial charge < -0.3 is 5.73 Å². The van der Waals surface area contributed by atoms with Crippen LogP contribution in [0.2, 0.25) is 0 Å². The molecular weight excluding hydrogens is 286 g/mol. The maximum atomic E-state index is 6.36. The highest BCUT2D eigenvalue weighted by Gasteiger charge is 2.29. The van der Waals surface area contributed by atoms with E-state index in [4.69, 9.17) is 5.73 Å². The fourth-order valence-electron chi connectivity index (χ4n) is 2.83. The SMILES string of the molecule is NC1c2ccccc2CC1Cc1ccc(Br)cc1. The first kappa shape index (κ1) is 11.9. The van der Waals surface area contributed by atoms with E-state index >= 15 is 0 Å². The Morgan fingerprint density at radius 1 is 1.06 bits per heavy atom. The summed E-state index contributed by atoms with van der Waals surface area (Å²) in [5.74, 6) is 0.531. The molecule has 2 unspecified atom stereocenters. The average molecular weight is 302 g/mol. The van der Waals surface area contributed by atoms with Gasteiger partial charge in [-0.15, -0.1) is 0 Å². The second-order valence-electron chi connectivity index (χ2n) is 5.02. The molecule has 0 fully saturated rings. The maximum Gasteiger partial charge on any atom is 0.0332 e. The highest BCUT2D eigenvalue weighted by atomic mass is 79.9. The van der Waals surface area contributed by atoms with Crippen LogP contribution in [0.3, 0.4) is 0 Å². The fourth-order valence-corrected chi connectivity index (χ4v) is 3.10. The maximum absolute atomic E-state index is 6.36. The van der Waals surface area contributed by atoms with Gasteiger partial charge in [-0.2, -0.15) is 0 Å². The molecular formula is C16H16BrN. The lowest BCUT2D eigenvalue weighted by Gasteiger charge is -2.16. The zero-order valence-electron chi connectivity index (χ0n) is 10.1. The van der Waals surface area contributed by atoms with Gasteiger partial charge in [-0.25, -0.2) is 0 Å².